The second-order valence-electron chi connectivity index (χ2n) is 3.35. The largest absolute Gasteiger partial charge is 0.381 e. The quantitative estimate of drug-likeness (QED) is 0.784. The summed E-state index contributed by atoms with van der Waals surface area (Å²) in [4.78, 5) is 4.24. The molecule has 1 atom stereocenters. The molecule has 3 nitrogen and oxygen atoms in total. The molecule has 2 heterocycles. The summed E-state index contributed by atoms with van der Waals surface area (Å²) in [5.41, 5.74) is 6.11. The van der Waals surface area contributed by atoms with Crippen LogP contribution in [0.5, 0.6) is 0 Å². The third kappa shape index (κ3) is 2.07. The minimum atomic E-state index is 0.115. The van der Waals surface area contributed by atoms with Crippen LogP contribution in [0, 0.1) is 5.92 Å². The Balaban J connectivity index is 1.99. The summed E-state index contributed by atoms with van der Waals surface area (Å²) >= 11 is 1.65. The molecule has 1 aromatic heterocycles. The molecule has 72 valence electrons. The van der Waals surface area contributed by atoms with Crippen molar-refractivity contribution in [3.8, 4) is 0 Å². The first-order valence-corrected chi connectivity index (χ1v) is 5.48. The number of ether oxygens (including phenoxy) is 1. The number of hydrogen-bond donors (Lipinski definition) is 1. The Hall–Kier alpha value is -0.450. The van der Waals surface area contributed by atoms with Gasteiger partial charge in [0, 0.05) is 24.8 Å². The van der Waals surface area contributed by atoms with Crippen molar-refractivity contribution in [3.63, 3.8) is 0 Å². The normalized spacial score (nSPS) is 21.6. The number of aromatic nitrogens is 1. The predicted molar refractivity (Wildman–Crippen MR) is 52.6 cm³/mol. The van der Waals surface area contributed by atoms with Crippen LogP contribution in [0.3, 0.4) is 0 Å². The van der Waals surface area contributed by atoms with Crippen molar-refractivity contribution in [3.05, 3.63) is 16.6 Å². The molecule has 4 heteroatoms. The van der Waals surface area contributed by atoms with E-state index in [2.05, 4.69) is 4.98 Å². The third-order valence-electron chi connectivity index (χ3n) is 2.51. The summed E-state index contributed by atoms with van der Waals surface area (Å²) < 4.78 is 5.29. The molecule has 0 aromatic carbocycles. The lowest BCUT2D eigenvalue weighted by atomic mass is 9.93. The molecule has 0 saturated carbocycles. The van der Waals surface area contributed by atoms with Crippen LogP contribution in [-0.2, 0) is 4.74 Å². The van der Waals surface area contributed by atoms with Crippen LogP contribution < -0.4 is 5.73 Å². The maximum atomic E-state index is 6.11. The van der Waals surface area contributed by atoms with Crippen molar-refractivity contribution in [2.75, 3.05) is 13.2 Å². The van der Waals surface area contributed by atoms with Gasteiger partial charge in [0.15, 0.2) is 0 Å². The molecular formula is C9H14N2OS. The van der Waals surface area contributed by atoms with E-state index < -0.39 is 0 Å². The first kappa shape index (κ1) is 9.12. The highest BCUT2D eigenvalue weighted by Gasteiger charge is 2.23. The molecule has 1 aromatic rings. The van der Waals surface area contributed by atoms with Crippen LogP contribution in [0.2, 0.25) is 0 Å². The van der Waals surface area contributed by atoms with E-state index >= 15 is 0 Å². The summed E-state index contributed by atoms with van der Waals surface area (Å²) in [5.74, 6) is 0.555. The SMILES string of the molecule is NC(c1nccs1)C1CCOCC1. The second-order valence-corrected chi connectivity index (χ2v) is 4.27. The van der Waals surface area contributed by atoms with Gasteiger partial charge in [-0.1, -0.05) is 0 Å². The van der Waals surface area contributed by atoms with Gasteiger partial charge >= 0.3 is 0 Å². The molecule has 1 saturated heterocycles. The monoisotopic (exact) mass is 198 g/mol. The van der Waals surface area contributed by atoms with Crippen molar-refractivity contribution >= 4 is 11.3 Å². The lowest BCUT2D eigenvalue weighted by Gasteiger charge is -2.26. The second kappa shape index (κ2) is 4.17. The van der Waals surface area contributed by atoms with Gasteiger partial charge < -0.3 is 10.5 Å². The van der Waals surface area contributed by atoms with E-state index in [1.807, 2.05) is 11.6 Å². The van der Waals surface area contributed by atoms with Gasteiger partial charge in [-0.15, -0.1) is 11.3 Å². The van der Waals surface area contributed by atoms with E-state index in [1.165, 1.54) is 0 Å². The van der Waals surface area contributed by atoms with Crippen molar-refractivity contribution in [1.29, 1.82) is 0 Å². The highest BCUT2D eigenvalue weighted by Crippen LogP contribution is 2.28. The number of nitrogens with two attached hydrogens (primary N) is 1. The van der Waals surface area contributed by atoms with E-state index in [4.69, 9.17) is 10.5 Å². The minimum absolute atomic E-state index is 0.115. The smallest absolute Gasteiger partial charge is 0.110 e. The van der Waals surface area contributed by atoms with Crippen LogP contribution in [0.15, 0.2) is 11.6 Å². The van der Waals surface area contributed by atoms with E-state index in [-0.39, 0.29) is 6.04 Å². The Morgan fingerprint density at radius 2 is 2.31 bits per heavy atom. The Labute approximate surface area is 81.9 Å². The standard InChI is InChI=1S/C9H14N2OS/c10-8(9-11-3-6-13-9)7-1-4-12-5-2-7/h3,6-8H,1-2,4-5,10H2. The Kier molecular flexibility index (Phi) is 2.93. The highest BCUT2D eigenvalue weighted by atomic mass is 32.1. The van der Waals surface area contributed by atoms with Crippen LogP contribution in [0.1, 0.15) is 23.9 Å². The molecule has 1 aliphatic rings. The van der Waals surface area contributed by atoms with Gasteiger partial charge in [-0.2, -0.15) is 0 Å². The average molecular weight is 198 g/mol. The van der Waals surface area contributed by atoms with Gasteiger partial charge in [-0.25, -0.2) is 4.98 Å². The molecule has 0 amide bonds. The fraction of sp³-hybridized carbons (Fsp3) is 0.667. The van der Waals surface area contributed by atoms with Crippen LogP contribution in [-0.4, -0.2) is 18.2 Å². The molecule has 0 bridgehead atoms. The van der Waals surface area contributed by atoms with Gasteiger partial charge in [0.2, 0.25) is 0 Å². The van der Waals surface area contributed by atoms with Gasteiger partial charge in [-0.3, -0.25) is 0 Å². The van der Waals surface area contributed by atoms with E-state index in [1.54, 1.807) is 11.3 Å². The summed E-state index contributed by atoms with van der Waals surface area (Å²) in [6, 6.07) is 0.115. The zero-order chi connectivity index (χ0) is 9.10. The molecular weight excluding hydrogens is 184 g/mol. The number of hydrogen-bond acceptors (Lipinski definition) is 4. The average Bonchev–Trinajstić information content (AvgIpc) is 2.71. The Morgan fingerprint density at radius 1 is 1.54 bits per heavy atom. The summed E-state index contributed by atoms with van der Waals surface area (Å²) in [5, 5.41) is 3.04. The highest BCUT2D eigenvalue weighted by molar-refractivity contribution is 7.09. The molecule has 0 spiro atoms. The molecule has 1 unspecified atom stereocenters. The van der Waals surface area contributed by atoms with E-state index in [0.717, 1.165) is 31.1 Å². The first-order valence-electron chi connectivity index (χ1n) is 4.60. The molecule has 1 aliphatic heterocycles. The number of thiazole rings is 1. The number of nitrogens with zero attached hydrogens (tertiary/aromatic N) is 1. The summed E-state index contributed by atoms with van der Waals surface area (Å²) in [6.07, 6.45) is 3.96. The van der Waals surface area contributed by atoms with Gasteiger partial charge in [0.25, 0.3) is 0 Å². The molecule has 13 heavy (non-hydrogen) atoms. The van der Waals surface area contributed by atoms with Crippen molar-refractivity contribution in [2.45, 2.75) is 18.9 Å². The lowest BCUT2D eigenvalue weighted by molar-refractivity contribution is 0.0583. The number of rotatable bonds is 2. The zero-order valence-corrected chi connectivity index (χ0v) is 8.30. The lowest BCUT2D eigenvalue weighted by Crippen LogP contribution is -2.27. The van der Waals surface area contributed by atoms with Crippen LogP contribution in [0.4, 0.5) is 0 Å². The van der Waals surface area contributed by atoms with Crippen molar-refractivity contribution < 1.29 is 4.74 Å². The van der Waals surface area contributed by atoms with Gasteiger partial charge in [-0.05, 0) is 18.8 Å². The van der Waals surface area contributed by atoms with Crippen LogP contribution >= 0.6 is 11.3 Å². The van der Waals surface area contributed by atoms with Crippen molar-refractivity contribution in [2.24, 2.45) is 11.7 Å². The summed E-state index contributed by atoms with van der Waals surface area (Å²) in [6.45, 7) is 1.70. The van der Waals surface area contributed by atoms with E-state index in [9.17, 15) is 0 Å². The van der Waals surface area contributed by atoms with E-state index in [0.29, 0.717) is 5.92 Å². The molecule has 2 N–H and O–H groups in total. The zero-order valence-electron chi connectivity index (χ0n) is 7.48. The molecule has 0 radical (unpaired) electrons. The molecule has 2 rings (SSSR count). The molecule has 0 aliphatic carbocycles. The topological polar surface area (TPSA) is 48.1 Å². The maximum absolute atomic E-state index is 6.11. The fourth-order valence-electron chi connectivity index (χ4n) is 1.68. The Morgan fingerprint density at radius 3 is 2.92 bits per heavy atom. The predicted octanol–water partition coefficient (Wildman–Crippen LogP) is 1.57. The summed E-state index contributed by atoms with van der Waals surface area (Å²) in [7, 11) is 0. The minimum Gasteiger partial charge on any atom is -0.381 e. The van der Waals surface area contributed by atoms with Crippen molar-refractivity contribution in [1.82, 2.24) is 4.98 Å². The van der Waals surface area contributed by atoms with Gasteiger partial charge in [0.05, 0.1) is 6.04 Å². The Bertz CT molecular complexity index is 244. The van der Waals surface area contributed by atoms with Gasteiger partial charge in [0.1, 0.15) is 5.01 Å². The van der Waals surface area contributed by atoms with Crippen LogP contribution in [0.25, 0.3) is 0 Å². The molecule has 1 fully saturated rings. The first-order chi connectivity index (χ1) is 6.38. The maximum Gasteiger partial charge on any atom is 0.110 e. The third-order valence-corrected chi connectivity index (χ3v) is 3.39. The fourth-order valence-corrected chi connectivity index (χ4v) is 2.41.